The number of carbonyl (C=O) groups is 2. The Morgan fingerprint density at radius 2 is 1.60 bits per heavy atom. The van der Waals surface area contributed by atoms with Crippen molar-refractivity contribution < 1.29 is 19.8 Å². The summed E-state index contributed by atoms with van der Waals surface area (Å²) in [7, 11) is 0. The largest absolute Gasteiger partial charge is 0.480 e. The van der Waals surface area contributed by atoms with Crippen LogP contribution in [0.4, 0.5) is 0 Å². The van der Waals surface area contributed by atoms with Crippen LogP contribution in [0.15, 0.2) is 0 Å². The fraction of sp³-hybridized carbons (Fsp3) is 0.818. The summed E-state index contributed by atoms with van der Waals surface area (Å²) >= 11 is 0. The first-order valence-corrected chi connectivity index (χ1v) is 5.56. The van der Waals surface area contributed by atoms with Crippen molar-refractivity contribution in [2.45, 2.75) is 38.5 Å². The number of hydrogen-bond acceptors (Lipinski definition) is 2. The molecule has 0 saturated heterocycles. The van der Waals surface area contributed by atoms with Crippen LogP contribution >= 0.6 is 0 Å². The van der Waals surface area contributed by atoms with Gasteiger partial charge in [-0.3, -0.25) is 9.59 Å². The van der Waals surface area contributed by atoms with Gasteiger partial charge >= 0.3 is 11.9 Å². The van der Waals surface area contributed by atoms with Crippen LogP contribution in [-0.4, -0.2) is 22.2 Å². The van der Waals surface area contributed by atoms with Gasteiger partial charge in [-0.05, 0) is 31.1 Å². The molecule has 0 amide bonds. The molecule has 0 spiro atoms. The molecule has 0 radical (unpaired) electrons. The summed E-state index contributed by atoms with van der Waals surface area (Å²) in [5.74, 6) is -2.08. The van der Waals surface area contributed by atoms with Gasteiger partial charge in [0.05, 0.1) is 0 Å². The van der Waals surface area contributed by atoms with Gasteiger partial charge in [0, 0.05) is 0 Å². The van der Waals surface area contributed by atoms with Gasteiger partial charge < -0.3 is 10.2 Å². The van der Waals surface area contributed by atoms with E-state index in [1.807, 2.05) is 0 Å². The van der Waals surface area contributed by atoms with Gasteiger partial charge in [-0.2, -0.15) is 0 Å². The van der Waals surface area contributed by atoms with Gasteiger partial charge in [0.15, 0.2) is 5.41 Å². The average Bonchev–Trinajstić information content (AvgIpc) is 2.57. The van der Waals surface area contributed by atoms with E-state index in [1.165, 1.54) is 0 Å². The van der Waals surface area contributed by atoms with Crippen LogP contribution in [-0.2, 0) is 9.59 Å². The molecule has 2 N–H and O–H groups in total. The van der Waals surface area contributed by atoms with Crippen molar-refractivity contribution in [2.75, 3.05) is 0 Å². The van der Waals surface area contributed by atoms with Crippen LogP contribution < -0.4 is 0 Å². The molecular formula is C11H16O4. The third-order valence-corrected chi connectivity index (χ3v) is 4.21. The van der Waals surface area contributed by atoms with E-state index < -0.39 is 17.4 Å². The number of carboxylic acids is 2. The van der Waals surface area contributed by atoms with Crippen molar-refractivity contribution in [1.29, 1.82) is 0 Å². The van der Waals surface area contributed by atoms with E-state index in [9.17, 15) is 19.8 Å². The summed E-state index contributed by atoms with van der Waals surface area (Å²) in [6.45, 7) is 0. The number of hydrogen-bond donors (Lipinski definition) is 2. The highest BCUT2D eigenvalue weighted by molar-refractivity contribution is 5.99. The summed E-state index contributed by atoms with van der Waals surface area (Å²) in [4.78, 5) is 22.5. The van der Waals surface area contributed by atoms with Gasteiger partial charge in [0.1, 0.15) is 0 Å². The molecule has 0 aromatic heterocycles. The van der Waals surface area contributed by atoms with Gasteiger partial charge in [-0.15, -0.1) is 0 Å². The lowest BCUT2D eigenvalue weighted by Crippen LogP contribution is -2.44. The van der Waals surface area contributed by atoms with Crippen LogP contribution in [0.1, 0.15) is 38.5 Å². The third-order valence-electron chi connectivity index (χ3n) is 4.21. The first-order valence-electron chi connectivity index (χ1n) is 5.56. The Kier molecular flexibility index (Phi) is 2.44. The minimum atomic E-state index is -1.48. The average molecular weight is 212 g/mol. The van der Waals surface area contributed by atoms with Crippen LogP contribution in [0.3, 0.4) is 0 Å². The van der Waals surface area contributed by atoms with Gasteiger partial charge in [-0.25, -0.2) is 0 Å². The second-order valence-corrected chi connectivity index (χ2v) is 4.77. The van der Waals surface area contributed by atoms with Crippen molar-refractivity contribution in [3.05, 3.63) is 0 Å². The second-order valence-electron chi connectivity index (χ2n) is 4.77. The second kappa shape index (κ2) is 3.51. The normalized spacial score (nSPS) is 33.3. The Morgan fingerprint density at radius 3 is 2.20 bits per heavy atom. The SMILES string of the molecule is O=C(O)C1(C(=O)O)CCC2CCCCC21. The molecular weight excluding hydrogens is 196 g/mol. The summed E-state index contributed by atoms with van der Waals surface area (Å²) in [5.41, 5.74) is -1.48. The highest BCUT2D eigenvalue weighted by Gasteiger charge is 2.59. The molecule has 2 aliphatic carbocycles. The van der Waals surface area contributed by atoms with E-state index in [2.05, 4.69) is 0 Å². The maximum Gasteiger partial charge on any atom is 0.321 e. The maximum atomic E-state index is 11.2. The highest BCUT2D eigenvalue weighted by Crippen LogP contribution is 2.53. The summed E-state index contributed by atoms with van der Waals surface area (Å²) in [6, 6.07) is 0. The molecule has 2 atom stereocenters. The predicted octanol–water partition coefficient (Wildman–Crippen LogP) is 1.74. The van der Waals surface area contributed by atoms with Crippen molar-refractivity contribution in [2.24, 2.45) is 17.3 Å². The highest BCUT2D eigenvalue weighted by atomic mass is 16.4. The molecule has 0 heterocycles. The standard InChI is InChI=1S/C11H16O4/c12-9(13)11(10(14)15)6-5-7-3-1-2-4-8(7)11/h7-8H,1-6H2,(H,12,13)(H,14,15). The Labute approximate surface area is 88.3 Å². The number of fused-ring (bicyclic) bond motifs is 1. The molecule has 2 unspecified atom stereocenters. The quantitative estimate of drug-likeness (QED) is 0.684. The summed E-state index contributed by atoms with van der Waals surface area (Å²) in [6.07, 6.45) is 4.95. The van der Waals surface area contributed by atoms with Gasteiger partial charge in [-0.1, -0.05) is 19.3 Å². The molecule has 4 nitrogen and oxygen atoms in total. The van der Waals surface area contributed by atoms with E-state index in [4.69, 9.17) is 0 Å². The Morgan fingerprint density at radius 1 is 1.00 bits per heavy atom. The third kappa shape index (κ3) is 1.34. The van der Waals surface area contributed by atoms with Crippen LogP contribution in [0, 0.1) is 17.3 Å². The molecule has 2 rings (SSSR count). The molecule has 4 heteroatoms. The van der Waals surface area contributed by atoms with Gasteiger partial charge in [0.25, 0.3) is 0 Å². The predicted molar refractivity (Wildman–Crippen MR) is 52.4 cm³/mol. The van der Waals surface area contributed by atoms with E-state index >= 15 is 0 Å². The number of aliphatic carboxylic acids is 2. The van der Waals surface area contributed by atoms with E-state index in [1.54, 1.807) is 0 Å². The van der Waals surface area contributed by atoms with E-state index in [-0.39, 0.29) is 5.92 Å². The van der Waals surface area contributed by atoms with E-state index in [0.29, 0.717) is 12.3 Å². The fourth-order valence-corrected chi connectivity index (χ4v) is 3.42. The van der Waals surface area contributed by atoms with Gasteiger partial charge in [0.2, 0.25) is 0 Å². The zero-order chi connectivity index (χ0) is 11.1. The summed E-state index contributed by atoms with van der Waals surface area (Å²) < 4.78 is 0. The molecule has 2 fully saturated rings. The molecule has 0 aromatic carbocycles. The van der Waals surface area contributed by atoms with Crippen molar-refractivity contribution in [3.63, 3.8) is 0 Å². The minimum absolute atomic E-state index is 0.138. The Balaban J connectivity index is 2.33. The number of carboxylic acid groups (broad SMARTS) is 2. The summed E-state index contributed by atoms with van der Waals surface area (Å²) in [5, 5.41) is 18.4. The van der Waals surface area contributed by atoms with E-state index in [0.717, 1.165) is 32.1 Å². The molecule has 2 aliphatic rings. The van der Waals surface area contributed by atoms with Crippen molar-refractivity contribution in [1.82, 2.24) is 0 Å². The molecule has 0 aliphatic heterocycles. The minimum Gasteiger partial charge on any atom is -0.480 e. The molecule has 15 heavy (non-hydrogen) atoms. The first kappa shape index (κ1) is 10.5. The lowest BCUT2D eigenvalue weighted by molar-refractivity contribution is -0.169. The fourth-order valence-electron chi connectivity index (χ4n) is 3.42. The maximum absolute atomic E-state index is 11.2. The van der Waals surface area contributed by atoms with Crippen LogP contribution in [0.5, 0.6) is 0 Å². The van der Waals surface area contributed by atoms with Crippen molar-refractivity contribution >= 4 is 11.9 Å². The smallest absolute Gasteiger partial charge is 0.321 e. The number of rotatable bonds is 2. The Hall–Kier alpha value is -1.06. The first-order chi connectivity index (χ1) is 7.09. The molecule has 84 valence electrons. The lowest BCUT2D eigenvalue weighted by Gasteiger charge is -2.33. The topological polar surface area (TPSA) is 74.6 Å². The zero-order valence-corrected chi connectivity index (χ0v) is 8.61. The van der Waals surface area contributed by atoms with Crippen LogP contribution in [0.25, 0.3) is 0 Å². The lowest BCUT2D eigenvalue weighted by atomic mass is 9.69. The molecule has 0 aromatic rings. The monoisotopic (exact) mass is 212 g/mol. The molecule has 2 saturated carbocycles. The molecule has 0 bridgehead atoms. The van der Waals surface area contributed by atoms with Crippen LogP contribution in [0.2, 0.25) is 0 Å². The van der Waals surface area contributed by atoms with Crippen molar-refractivity contribution in [3.8, 4) is 0 Å². The zero-order valence-electron chi connectivity index (χ0n) is 8.61. The Bertz CT molecular complexity index is 283.